The third-order valence-corrected chi connectivity index (χ3v) is 10.9. The Morgan fingerprint density at radius 2 is 1.93 bits per heavy atom. The predicted molar refractivity (Wildman–Crippen MR) is 142 cm³/mol. The Labute approximate surface area is 245 Å². The van der Waals surface area contributed by atoms with Gasteiger partial charge in [0, 0.05) is 5.56 Å². The number of anilines is 1. The molecule has 0 amide bonds. The number of nitrogen functional groups attached to an aromatic ring is 1. The highest BCUT2D eigenvalue weighted by atomic mass is 32.5. The molecule has 4 rings (SSSR count). The van der Waals surface area contributed by atoms with Crippen LogP contribution in [0.25, 0.3) is 10.2 Å². The van der Waals surface area contributed by atoms with E-state index in [2.05, 4.69) is 18.8 Å². The molecule has 12 atom stereocenters. The zero-order valence-corrected chi connectivity index (χ0v) is 24.4. The van der Waals surface area contributed by atoms with Crippen molar-refractivity contribution in [1.29, 1.82) is 0 Å². The number of nitrogens with zero attached hydrogens (tertiary/aromatic N) is 2. The van der Waals surface area contributed by atoms with Crippen molar-refractivity contribution in [2.75, 3.05) is 18.9 Å². The van der Waals surface area contributed by atoms with Crippen molar-refractivity contribution >= 4 is 53.7 Å². The first kappa shape index (κ1) is 33.6. The number of ether oxygens (including phenoxy) is 2. The van der Waals surface area contributed by atoms with Gasteiger partial charge in [-0.05, 0) is 17.2 Å². The van der Waals surface area contributed by atoms with Crippen molar-refractivity contribution in [2.45, 2.75) is 60.8 Å². The third-order valence-electron chi connectivity index (χ3n) is 6.41. The van der Waals surface area contributed by atoms with Gasteiger partial charge in [-0.2, -0.15) is 0 Å². The van der Waals surface area contributed by atoms with Crippen LogP contribution in [0.4, 0.5) is 10.2 Å². The summed E-state index contributed by atoms with van der Waals surface area (Å²) in [5.41, 5.74) is 3.35. The first-order valence-electron chi connectivity index (χ1n) is 11.7. The van der Waals surface area contributed by atoms with E-state index in [1.165, 1.54) is 5.38 Å². The van der Waals surface area contributed by atoms with Crippen molar-refractivity contribution in [1.82, 2.24) is 9.97 Å². The summed E-state index contributed by atoms with van der Waals surface area (Å²) in [4.78, 5) is 28.4. The highest BCUT2D eigenvalue weighted by Crippen LogP contribution is 2.62. The minimum Gasteiger partial charge on any atom is -0.394 e. The number of alkyl halides is 1. The van der Waals surface area contributed by atoms with Gasteiger partial charge in [0.15, 0.2) is 6.29 Å². The van der Waals surface area contributed by atoms with Gasteiger partial charge in [0.1, 0.15) is 61.0 Å². The van der Waals surface area contributed by atoms with E-state index in [0.717, 1.165) is 17.7 Å². The van der Waals surface area contributed by atoms with Crippen LogP contribution in [-0.4, -0.2) is 118 Å². The number of terminal acetylenes is 1. The minimum atomic E-state index is -5.51. The van der Waals surface area contributed by atoms with Crippen molar-refractivity contribution in [3.05, 3.63) is 17.3 Å². The van der Waals surface area contributed by atoms with Gasteiger partial charge in [-0.15, -0.1) is 17.8 Å². The Bertz CT molecular complexity index is 1430. The SMILES string of the molecule is C#C[C@@]1(F)[C@H](O)[C@@H](COP(O)(=S)OP(=O)(O)OC2OC([C@@H](O)CO)C(O)C(O)C2O)O[C@H]1c1csc2c(N)ncnc12. The number of aromatic nitrogens is 2. The summed E-state index contributed by atoms with van der Waals surface area (Å²) in [6.45, 7) is -6.64. The molecule has 10 N–H and O–H groups in total. The fourth-order valence-electron chi connectivity index (χ4n) is 4.29. The fourth-order valence-corrected chi connectivity index (χ4v) is 8.33. The number of hydrogen-bond donors (Lipinski definition) is 9. The number of aliphatic hydroxyl groups is 6. The molecule has 0 radical (unpaired) electrons. The van der Waals surface area contributed by atoms with E-state index in [4.69, 9.17) is 43.1 Å². The number of phosphoric ester groups is 1. The van der Waals surface area contributed by atoms with Gasteiger partial charge in [-0.25, -0.2) is 23.2 Å². The summed E-state index contributed by atoms with van der Waals surface area (Å²) in [6, 6.07) is 0. The number of aliphatic hydroxyl groups excluding tert-OH is 6. The van der Waals surface area contributed by atoms with Gasteiger partial charge in [-0.1, -0.05) is 5.92 Å². The molecule has 0 aliphatic carbocycles. The summed E-state index contributed by atoms with van der Waals surface area (Å²) in [5, 5.41) is 60.9. The minimum absolute atomic E-state index is 0.116. The lowest BCUT2D eigenvalue weighted by atomic mass is 9.90. The third kappa shape index (κ3) is 6.54. The summed E-state index contributed by atoms with van der Waals surface area (Å²) in [5.74, 6) is 1.97. The van der Waals surface area contributed by atoms with E-state index in [0.29, 0.717) is 4.70 Å². The lowest BCUT2D eigenvalue weighted by molar-refractivity contribution is -0.292. The average Bonchev–Trinajstić information content (AvgIpc) is 3.46. The standard InChI is InChI=1S/C20H26FN3O14P2S2/c1-2-20(21)16(30)9(35-17(20)7-5-42-15-10(7)23-6-24-18(15)22)4-34-40(33,41)38-39(31,32)37-19-13(29)11(27)12(28)14(36-19)8(26)3-25/h1,5-6,8-9,11-14,16-17,19,25-30H,3-4H2,(H,31,32)(H,33,41)(H2,22,23,24)/t8-,9+,11?,12?,13?,14?,16+,17-,19?,20+,40?/m0/s1. The topological polar surface area (TPSA) is 277 Å². The Balaban J connectivity index is 1.44. The van der Waals surface area contributed by atoms with Crippen LogP contribution < -0.4 is 5.73 Å². The fraction of sp³-hybridized carbons (Fsp3) is 0.600. The van der Waals surface area contributed by atoms with Gasteiger partial charge >= 0.3 is 14.5 Å². The maximum Gasteiger partial charge on any atom is 0.481 e. The molecule has 234 valence electrons. The van der Waals surface area contributed by atoms with Gasteiger partial charge in [0.2, 0.25) is 5.67 Å². The van der Waals surface area contributed by atoms with E-state index in [1.807, 2.05) is 5.92 Å². The highest BCUT2D eigenvalue weighted by molar-refractivity contribution is 8.08. The molecular weight excluding hydrogens is 651 g/mol. The van der Waals surface area contributed by atoms with Crippen molar-refractivity contribution < 1.29 is 72.2 Å². The second-order valence-electron chi connectivity index (χ2n) is 9.15. The number of fused-ring (bicyclic) bond motifs is 1. The van der Waals surface area contributed by atoms with Crippen LogP contribution in [0, 0.1) is 12.3 Å². The van der Waals surface area contributed by atoms with Crippen molar-refractivity contribution in [2.24, 2.45) is 0 Å². The Hall–Kier alpha value is -1.31. The van der Waals surface area contributed by atoms with Gasteiger partial charge in [0.05, 0.1) is 23.4 Å². The summed E-state index contributed by atoms with van der Waals surface area (Å²) >= 11 is 5.78. The molecular formula is C20H26FN3O14P2S2. The first-order chi connectivity index (χ1) is 19.5. The van der Waals surface area contributed by atoms with Crippen molar-refractivity contribution in [3.8, 4) is 12.3 Å². The number of rotatable bonds is 10. The largest absolute Gasteiger partial charge is 0.481 e. The highest BCUT2D eigenvalue weighted by Gasteiger charge is 2.58. The zero-order chi connectivity index (χ0) is 31.2. The Morgan fingerprint density at radius 3 is 2.57 bits per heavy atom. The average molecular weight is 678 g/mol. The molecule has 2 aliphatic rings. The van der Waals surface area contributed by atoms with Crippen LogP contribution in [0.5, 0.6) is 0 Å². The number of halogens is 1. The lowest BCUT2D eigenvalue weighted by Crippen LogP contribution is -2.61. The van der Waals surface area contributed by atoms with E-state index < -0.39 is 88.5 Å². The van der Waals surface area contributed by atoms with Crippen LogP contribution in [-0.2, 0) is 39.2 Å². The quantitative estimate of drug-likeness (QED) is 0.0966. The predicted octanol–water partition coefficient (Wildman–Crippen LogP) is -2.06. The summed E-state index contributed by atoms with van der Waals surface area (Å²) < 4.78 is 53.5. The second-order valence-corrected chi connectivity index (χ2v) is 14.4. The zero-order valence-electron chi connectivity index (χ0n) is 20.9. The molecule has 17 nitrogen and oxygen atoms in total. The molecule has 2 aliphatic heterocycles. The van der Waals surface area contributed by atoms with E-state index in [-0.39, 0.29) is 16.9 Å². The van der Waals surface area contributed by atoms with Gasteiger partial charge in [-0.3, -0.25) is 4.52 Å². The molecule has 22 heteroatoms. The molecule has 4 heterocycles. The summed E-state index contributed by atoms with van der Waals surface area (Å²) in [7, 11) is -5.51. The smallest absolute Gasteiger partial charge is 0.394 e. The molecule has 2 saturated heterocycles. The van der Waals surface area contributed by atoms with E-state index >= 15 is 4.39 Å². The first-order valence-corrected chi connectivity index (χ1v) is 16.7. The molecule has 2 aromatic rings. The molecule has 2 aromatic heterocycles. The van der Waals surface area contributed by atoms with Crippen molar-refractivity contribution in [3.63, 3.8) is 0 Å². The van der Waals surface area contributed by atoms with Gasteiger partial charge in [0.25, 0.3) is 0 Å². The molecule has 7 unspecified atom stereocenters. The van der Waals surface area contributed by atoms with Crippen LogP contribution >= 0.6 is 25.9 Å². The Morgan fingerprint density at radius 1 is 1.24 bits per heavy atom. The number of thiophene rings is 1. The number of hydrogen-bond acceptors (Lipinski definition) is 17. The lowest BCUT2D eigenvalue weighted by Gasteiger charge is -2.41. The molecule has 42 heavy (non-hydrogen) atoms. The molecule has 0 bridgehead atoms. The Kier molecular flexibility index (Phi) is 10.1. The normalized spacial score (nSPS) is 37.1. The maximum absolute atomic E-state index is 15.8. The van der Waals surface area contributed by atoms with Crippen LogP contribution in [0.1, 0.15) is 11.7 Å². The number of phosphoric acid groups is 1. The van der Waals surface area contributed by atoms with Gasteiger partial charge < -0.3 is 60.2 Å². The maximum atomic E-state index is 15.8. The molecule has 0 spiro atoms. The van der Waals surface area contributed by atoms with Crippen LogP contribution in [0.2, 0.25) is 0 Å². The molecule has 0 aromatic carbocycles. The van der Waals surface area contributed by atoms with E-state index in [9.17, 15) is 39.9 Å². The number of nitrogens with two attached hydrogens (primary N) is 1. The second kappa shape index (κ2) is 12.6. The molecule has 2 fully saturated rings. The molecule has 0 saturated carbocycles. The van der Waals surface area contributed by atoms with Crippen LogP contribution in [0.15, 0.2) is 11.7 Å². The summed E-state index contributed by atoms with van der Waals surface area (Å²) in [6.07, 6.45) is -10.7. The van der Waals surface area contributed by atoms with Crippen LogP contribution in [0.3, 0.4) is 0 Å². The van der Waals surface area contributed by atoms with E-state index in [1.54, 1.807) is 0 Å². The monoisotopic (exact) mass is 677 g/mol.